The van der Waals surface area contributed by atoms with Gasteiger partial charge in [-0.2, -0.15) is 18.2 Å². The fourth-order valence-corrected chi connectivity index (χ4v) is 3.60. The molecule has 2 amide bonds. The summed E-state index contributed by atoms with van der Waals surface area (Å²) in [4.78, 5) is 22.7. The molecule has 7 nitrogen and oxygen atoms in total. The number of para-hydroxylation sites is 1. The predicted molar refractivity (Wildman–Crippen MR) is 114 cm³/mol. The molecule has 0 aliphatic heterocycles. The van der Waals surface area contributed by atoms with Crippen molar-refractivity contribution in [3.63, 3.8) is 0 Å². The monoisotopic (exact) mass is 436 g/mol. The minimum absolute atomic E-state index is 0.250. The number of halogens is 3. The Balaban J connectivity index is 1.44. The molecule has 0 spiro atoms. The summed E-state index contributed by atoms with van der Waals surface area (Å²) in [5, 5.41) is 8.36. The van der Waals surface area contributed by atoms with Gasteiger partial charge in [0.15, 0.2) is 0 Å². The fourth-order valence-electron chi connectivity index (χ4n) is 3.60. The molecule has 10 heteroatoms. The predicted octanol–water partition coefficient (Wildman–Crippen LogP) is 4.35. The molecule has 0 unspecified atom stereocenters. The first kappa shape index (κ1) is 22.6. The molecule has 0 radical (unpaired) electrons. The van der Waals surface area contributed by atoms with Crippen molar-refractivity contribution in [3.8, 4) is 0 Å². The number of anilines is 3. The van der Waals surface area contributed by atoms with Crippen LogP contribution in [0.3, 0.4) is 0 Å². The van der Waals surface area contributed by atoms with Gasteiger partial charge in [-0.3, -0.25) is 0 Å². The van der Waals surface area contributed by atoms with Crippen LogP contribution < -0.4 is 20.9 Å². The summed E-state index contributed by atoms with van der Waals surface area (Å²) >= 11 is 0. The number of nitrogens with zero attached hydrogens (tertiary/aromatic N) is 3. The summed E-state index contributed by atoms with van der Waals surface area (Å²) in [5.74, 6) is 1.69. The van der Waals surface area contributed by atoms with Gasteiger partial charge in [0.2, 0.25) is 5.95 Å². The van der Waals surface area contributed by atoms with Crippen LogP contribution in [0.5, 0.6) is 0 Å². The summed E-state index contributed by atoms with van der Waals surface area (Å²) in [7, 11) is 3.84. The summed E-state index contributed by atoms with van der Waals surface area (Å²) in [5.41, 5.74) is -1.11. The van der Waals surface area contributed by atoms with Crippen LogP contribution in [-0.2, 0) is 6.18 Å². The lowest BCUT2D eigenvalue weighted by atomic mass is 9.86. The lowest BCUT2D eigenvalue weighted by Crippen LogP contribution is -2.36. The number of carbonyl (C=O) groups is 1. The molecule has 0 bridgehead atoms. The van der Waals surface area contributed by atoms with E-state index >= 15 is 0 Å². The van der Waals surface area contributed by atoms with Crippen LogP contribution in [0.2, 0.25) is 0 Å². The second-order valence-corrected chi connectivity index (χ2v) is 7.87. The number of aromatic nitrogens is 2. The van der Waals surface area contributed by atoms with E-state index in [0.717, 1.165) is 37.6 Å². The van der Waals surface area contributed by atoms with Crippen molar-refractivity contribution in [1.29, 1.82) is 0 Å². The fraction of sp³-hybridized carbons (Fsp3) is 0.476. The van der Waals surface area contributed by atoms with Crippen LogP contribution >= 0.6 is 0 Å². The van der Waals surface area contributed by atoms with E-state index in [-0.39, 0.29) is 17.6 Å². The number of amides is 2. The highest BCUT2D eigenvalue weighted by atomic mass is 19.4. The van der Waals surface area contributed by atoms with Gasteiger partial charge >= 0.3 is 12.2 Å². The van der Waals surface area contributed by atoms with E-state index in [2.05, 4.69) is 25.9 Å². The summed E-state index contributed by atoms with van der Waals surface area (Å²) in [6.07, 6.45) is 0.788. The molecule has 1 aliphatic rings. The van der Waals surface area contributed by atoms with Crippen LogP contribution in [0, 0.1) is 5.92 Å². The third-order valence-electron chi connectivity index (χ3n) is 5.31. The second-order valence-electron chi connectivity index (χ2n) is 7.87. The zero-order valence-electron chi connectivity index (χ0n) is 17.5. The van der Waals surface area contributed by atoms with Gasteiger partial charge in [-0.1, -0.05) is 12.1 Å². The maximum absolute atomic E-state index is 13.0. The normalized spacial score (nSPS) is 18.9. The molecule has 1 fully saturated rings. The number of carbonyl (C=O) groups excluding carboxylic acids is 1. The Morgan fingerprint density at radius 3 is 2.52 bits per heavy atom. The van der Waals surface area contributed by atoms with Gasteiger partial charge in [0.25, 0.3) is 0 Å². The average molecular weight is 436 g/mol. The molecule has 31 heavy (non-hydrogen) atoms. The Morgan fingerprint density at radius 2 is 1.84 bits per heavy atom. The molecule has 2 aromatic rings. The lowest BCUT2D eigenvalue weighted by Gasteiger charge is -2.29. The van der Waals surface area contributed by atoms with Crippen LogP contribution in [0.4, 0.5) is 35.4 Å². The molecular formula is C21H27F3N6O. The van der Waals surface area contributed by atoms with Crippen LogP contribution in [0.15, 0.2) is 36.5 Å². The highest BCUT2D eigenvalue weighted by Gasteiger charge is 2.33. The largest absolute Gasteiger partial charge is 0.418 e. The van der Waals surface area contributed by atoms with Crippen molar-refractivity contribution in [2.75, 3.05) is 36.2 Å². The van der Waals surface area contributed by atoms with Crippen molar-refractivity contribution in [1.82, 2.24) is 15.3 Å². The van der Waals surface area contributed by atoms with Gasteiger partial charge in [-0.05, 0) is 49.8 Å². The lowest BCUT2D eigenvalue weighted by molar-refractivity contribution is -0.136. The molecule has 0 atom stereocenters. The van der Waals surface area contributed by atoms with Gasteiger partial charge in [0.05, 0.1) is 11.3 Å². The van der Waals surface area contributed by atoms with Gasteiger partial charge in [-0.15, -0.1) is 0 Å². The zero-order chi connectivity index (χ0) is 22.4. The molecular weight excluding hydrogens is 409 g/mol. The Labute approximate surface area is 179 Å². The first-order valence-electron chi connectivity index (χ1n) is 10.2. The number of hydrogen-bond acceptors (Lipinski definition) is 5. The third-order valence-corrected chi connectivity index (χ3v) is 5.31. The van der Waals surface area contributed by atoms with Crippen molar-refractivity contribution < 1.29 is 18.0 Å². The van der Waals surface area contributed by atoms with E-state index in [9.17, 15) is 18.0 Å². The highest BCUT2D eigenvalue weighted by molar-refractivity contribution is 5.90. The molecule has 0 saturated heterocycles. The minimum atomic E-state index is -4.52. The van der Waals surface area contributed by atoms with Gasteiger partial charge in [0.1, 0.15) is 5.82 Å². The third kappa shape index (κ3) is 6.47. The van der Waals surface area contributed by atoms with E-state index in [1.807, 2.05) is 25.1 Å². The van der Waals surface area contributed by atoms with Crippen molar-refractivity contribution in [2.45, 2.75) is 37.9 Å². The van der Waals surface area contributed by atoms with E-state index in [1.54, 1.807) is 6.20 Å². The standard InChI is InChI=1S/C21H27F3N6O/c1-30(2)18-11-12-25-19(29-18)27-15-9-7-14(8-10-15)13-26-20(31)28-17-6-4-3-5-16(17)21(22,23)24/h3-6,11-12,14-15H,7-10,13H2,1-2H3,(H,25,27,29)(H2,26,28,31)/t14-,15+. The summed E-state index contributed by atoms with van der Waals surface area (Å²) in [6, 6.07) is 6.39. The van der Waals surface area contributed by atoms with Crippen molar-refractivity contribution in [3.05, 3.63) is 42.1 Å². The van der Waals surface area contributed by atoms with E-state index in [4.69, 9.17) is 0 Å². The second kappa shape index (κ2) is 9.84. The molecule has 1 aliphatic carbocycles. The van der Waals surface area contributed by atoms with E-state index < -0.39 is 17.8 Å². The number of urea groups is 1. The van der Waals surface area contributed by atoms with Crippen molar-refractivity contribution in [2.24, 2.45) is 5.92 Å². The van der Waals surface area contributed by atoms with E-state index in [0.29, 0.717) is 12.5 Å². The SMILES string of the molecule is CN(C)c1ccnc(N[C@H]2CC[C@@H](CNC(=O)Nc3ccccc3C(F)(F)F)CC2)n1. The molecule has 1 saturated carbocycles. The Kier molecular flexibility index (Phi) is 7.19. The molecule has 3 rings (SSSR count). The van der Waals surface area contributed by atoms with E-state index in [1.165, 1.54) is 18.2 Å². The van der Waals surface area contributed by atoms with Crippen LogP contribution in [0.25, 0.3) is 0 Å². The maximum atomic E-state index is 13.0. The first-order valence-corrected chi connectivity index (χ1v) is 10.2. The Morgan fingerprint density at radius 1 is 1.13 bits per heavy atom. The van der Waals surface area contributed by atoms with Gasteiger partial charge < -0.3 is 20.9 Å². The molecule has 1 heterocycles. The topological polar surface area (TPSA) is 82.2 Å². The Hall–Kier alpha value is -3.04. The summed E-state index contributed by atoms with van der Waals surface area (Å²) < 4.78 is 39.1. The number of nitrogens with one attached hydrogen (secondary N) is 3. The summed E-state index contributed by atoms with van der Waals surface area (Å²) in [6.45, 7) is 0.416. The zero-order valence-corrected chi connectivity index (χ0v) is 17.5. The average Bonchev–Trinajstić information content (AvgIpc) is 2.73. The number of alkyl halides is 3. The molecule has 3 N–H and O–H groups in total. The smallest absolute Gasteiger partial charge is 0.363 e. The molecule has 1 aromatic carbocycles. The quantitative estimate of drug-likeness (QED) is 0.627. The number of hydrogen-bond donors (Lipinski definition) is 3. The minimum Gasteiger partial charge on any atom is -0.363 e. The highest BCUT2D eigenvalue weighted by Crippen LogP contribution is 2.34. The van der Waals surface area contributed by atoms with Gasteiger partial charge in [-0.25, -0.2) is 9.78 Å². The van der Waals surface area contributed by atoms with Gasteiger partial charge in [0, 0.05) is 32.9 Å². The molecule has 168 valence electrons. The number of benzene rings is 1. The number of rotatable bonds is 6. The Bertz CT molecular complexity index is 881. The van der Waals surface area contributed by atoms with Crippen LogP contribution in [0.1, 0.15) is 31.2 Å². The van der Waals surface area contributed by atoms with Crippen LogP contribution in [-0.4, -0.2) is 42.7 Å². The maximum Gasteiger partial charge on any atom is 0.418 e. The van der Waals surface area contributed by atoms with Crippen molar-refractivity contribution >= 4 is 23.5 Å². The molecule has 1 aromatic heterocycles. The first-order chi connectivity index (χ1) is 14.7.